The minimum absolute atomic E-state index is 0.155. The van der Waals surface area contributed by atoms with Crippen LogP contribution >= 0.6 is 0 Å². The van der Waals surface area contributed by atoms with Gasteiger partial charge >= 0.3 is 0 Å². The summed E-state index contributed by atoms with van der Waals surface area (Å²) in [5, 5.41) is 0. The number of nitrogens with zero attached hydrogens (tertiary/aromatic N) is 2. The molecular weight excluding hydrogens is 380 g/mol. The summed E-state index contributed by atoms with van der Waals surface area (Å²) in [4.78, 5) is 17.1. The van der Waals surface area contributed by atoms with Gasteiger partial charge in [-0.3, -0.25) is 9.69 Å². The van der Waals surface area contributed by atoms with Gasteiger partial charge in [0.25, 0.3) is 0 Å². The number of amides is 1. The fraction of sp³-hybridized carbons (Fsp3) is 0.458. The van der Waals surface area contributed by atoms with Gasteiger partial charge < -0.3 is 19.1 Å². The van der Waals surface area contributed by atoms with Crippen molar-refractivity contribution in [1.29, 1.82) is 0 Å². The summed E-state index contributed by atoms with van der Waals surface area (Å²) in [6, 6.07) is 13.9. The molecule has 6 heteroatoms. The topological polar surface area (TPSA) is 51.2 Å². The van der Waals surface area contributed by atoms with Crippen molar-refractivity contribution >= 4 is 5.91 Å². The molecule has 162 valence electrons. The Morgan fingerprint density at radius 3 is 2.33 bits per heavy atom. The molecule has 0 unspecified atom stereocenters. The van der Waals surface area contributed by atoms with Crippen molar-refractivity contribution in [3.63, 3.8) is 0 Å². The summed E-state index contributed by atoms with van der Waals surface area (Å²) in [5.74, 6) is 2.46. The second kappa shape index (κ2) is 10.9. The maximum atomic E-state index is 12.8. The molecular formula is C24H32N2O4. The summed E-state index contributed by atoms with van der Waals surface area (Å²) >= 11 is 0. The molecule has 0 saturated carbocycles. The Hall–Kier alpha value is -2.73. The van der Waals surface area contributed by atoms with Gasteiger partial charge in [-0.15, -0.1) is 0 Å². The lowest BCUT2D eigenvalue weighted by atomic mass is 10.1. The second-order valence-corrected chi connectivity index (χ2v) is 7.33. The zero-order valence-corrected chi connectivity index (χ0v) is 18.2. The Morgan fingerprint density at radius 1 is 0.900 bits per heavy atom. The van der Waals surface area contributed by atoms with E-state index in [1.54, 1.807) is 7.11 Å². The molecule has 0 radical (unpaired) electrons. The third kappa shape index (κ3) is 5.89. The highest BCUT2D eigenvalue weighted by Crippen LogP contribution is 2.29. The molecule has 1 saturated heterocycles. The zero-order chi connectivity index (χ0) is 21.3. The van der Waals surface area contributed by atoms with E-state index in [0.29, 0.717) is 25.4 Å². The molecule has 0 bridgehead atoms. The molecule has 0 spiro atoms. The van der Waals surface area contributed by atoms with E-state index in [9.17, 15) is 4.79 Å². The second-order valence-electron chi connectivity index (χ2n) is 7.33. The van der Waals surface area contributed by atoms with Crippen molar-refractivity contribution in [2.45, 2.75) is 26.8 Å². The molecule has 0 aliphatic carbocycles. The number of carbonyl (C=O) groups is 1. The van der Waals surface area contributed by atoms with Gasteiger partial charge in [-0.2, -0.15) is 0 Å². The molecule has 1 aliphatic heterocycles. The molecule has 0 aromatic heterocycles. The Kier molecular flexibility index (Phi) is 7.97. The Labute approximate surface area is 179 Å². The van der Waals surface area contributed by atoms with Crippen LogP contribution in [0, 0.1) is 0 Å². The van der Waals surface area contributed by atoms with E-state index in [4.69, 9.17) is 14.2 Å². The van der Waals surface area contributed by atoms with Gasteiger partial charge in [-0.05, 0) is 49.2 Å². The molecule has 1 amide bonds. The average molecular weight is 413 g/mol. The lowest BCUT2D eigenvalue weighted by Gasteiger charge is -2.35. The van der Waals surface area contributed by atoms with Gasteiger partial charge in [0.15, 0.2) is 11.5 Å². The highest BCUT2D eigenvalue weighted by Gasteiger charge is 2.21. The first kappa shape index (κ1) is 22.0. The minimum atomic E-state index is 0.155. The van der Waals surface area contributed by atoms with Crippen LogP contribution in [0.3, 0.4) is 0 Å². The fourth-order valence-electron chi connectivity index (χ4n) is 3.68. The number of methoxy groups -OCH3 is 1. The first-order chi connectivity index (χ1) is 14.6. The standard InChI is InChI=1S/C24H32N2O4/c1-4-29-22-10-9-19(16-23(22)30-5-2)17-24(27)26-13-11-25(12-14-26)18-20-7-6-8-21(15-20)28-3/h6-10,15-16H,4-5,11-14,17-18H2,1-3H3. The zero-order valence-electron chi connectivity index (χ0n) is 18.2. The van der Waals surface area contributed by atoms with E-state index in [1.807, 2.05) is 49.1 Å². The fourth-order valence-corrected chi connectivity index (χ4v) is 3.68. The summed E-state index contributed by atoms with van der Waals surface area (Å²) in [6.07, 6.45) is 0.377. The number of hydrogen-bond donors (Lipinski definition) is 0. The van der Waals surface area contributed by atoms with Crippen LogP contribution in [0.4, 0.5) is 0 Å². The number of hydrogen-bond acceptors (Lipinski definition) is 5. The average Bonchev–Trinajstić information content (AvgIpc) is 2.76. The predicted molar refractivity (Wildman–Crippen MR) is 117 cm³/mol. The monoisotopic (exact) mass is 412 g/mol. The Morgan fingerprint density at radius 2 is 1.63 bits per heavy atom. The van der Waals surface area contributed by atoms with E-state index in [2.05, 4.69) is 17.0 Å². The molecule has 1 fully saturated rings. The van der Waals surface area contributed by atoms with Crippen LogP contribution in [-0.2, 0) is 17.8 Å². The number of carbonyl (C=O) groups excluding carboxylic acids is 1. The molecule has 3 rings (SSSR count). The van der Waals surface area contributed by atoms with Crippen molar-refractivity contribution in [2.24, 2.45) is 0 Å². The third-order valence-electron chi connectivity index (χ3n) is 5.23. The van der Waals surface area contributed by atoms with Crippen LogP contribution in [0.25, 0.3) is 0 Å². The van der Waals surface area contributed by atoms with Gasteiger partial charge in [0, 0.05) is 32.7 Å². The number of piperazine rings is 1. The molecule has 2 aromatic carbocycles. The van der Waals surface area contributed by atoms with Gasteiger partial charge in [0.2, 0.25) is 5.91 Å². The van der Waals surface area contributed by atoms with E-state index in [0.717, 1.165) is 49.8 Å². The Balaban J connectivity index is 1.53. The van der Waals surface area contributed by atoms with Gasteiger partial charge in [-0.25, -0.2) is 0 Å². The maximum Gasteiger partial charge on any atom is 0.227 e. The number of rotatable bonds is 9. The quantitative estimate of drug-likeness (QED) is 0.632. The smallest absolute Gasteiger partial charge is 0.227 e. The van der Waals surface area contributed by atoms with Crippen LogP contribution < -0.4 is 14.2 Å². The normalized spacial score (nSPS) is 14.4. The minimum Gasteiger partial charge on any atom is -0.497 e. The SMILES string of the molecule is CCOc1ccc(CC(=O)N2CCN(Cc3cccc(OC)c3)CC2)cc1OCC. The summed E-state index contributed by atoms with van der Waals surface area (Å²) in [6.45, 7) is 9.14. The highest BCUT2D eigenvalue weighted by molar-refractivity contribution is 5.79. The van der Waals surface area contributed by atoms with E-state index in [-0.39, 0.29) is 5.91 Å². The molecule has 0 atom stereocenters. The van der Waals surface area contributed by atoms with Crippen molar-refractivity contribution in [3.05, 3.63) is 53.6 Å². The number of ether oxygens (including phenoxy) is 3. The lowest BCUT2D eigenvalue weighted by Crippen LogP contribution is -2.48. The van der Waals surface area contributed by atoms with Crippen molar-refractivity contribution in [3.8, 4) is 17.2 Å². The molecule has 1 heterocycles. The maximum absolute atomic E-state index is 12.8. The predicted octanol–water partition coefficient (Wildman–Crippen LogP) is 3.38. The molecule has 30 heavy (non-hydrogen) atoms. The highest BCUT2D eigenvalue weighted by atomic mass is 16.5. The van der Waals surface area contributed by atoms with Crippen LogP contribution in [-0.4, -0.2) is 62.2 Å². The molecule has 1 aliphatic rings. The van der Waals surface area contributed by atoms with E-state index in [1.165, 1.54) is 5.56 Å². The molecule has 2 aromatic rings. The summed E-state index contributed by atoms with van der Waals surface area (Å²) in [7, 11) is 1.69. The van der Waals surface area contributed by atoms with E-state index >= 15 is 0 Å². The van der Waals surface area contributed by atoms with Crippen molar-refractivity contribution in [2.75, 3.05) is 46.5 Å². The van der Waals surface area contributed by atoms with Gasteiger partial charge in [0.1, 0.15) is 5.75 Å². The lowest BCUT2D eigenvalue weighted by molar-refractivity contribution is -0.132. The first-order valence-electron chi connectivity index (χ1n) is 10.6. The molecule has 6 nitrogen and oxygen atoms in total. The van der Waals surface area contributed by atoms with Gasteiger partial charge in [0.05, 0.1) is 26.7 Å². The third-order valence-corrected chi connectivity index (χ3v) is 5.23. The first-order valence-corrected chi connectivity index (χ1v) is 10.6. The van der Waals surface area contributed by atoms with Gasteiger partial charge in [-0.1, -0.05) is 18.2 Å². The van der Waals surface area contributed by atoms with E-state index < -0.39 is 0 Å². The van der Waals surface area contributed by atoms with Crippen LogP contribution in [0.5, 0.6) is 17.2 Å². The Bertz CT molecular complexity index is 832. The van der Waals surface area contributed by atoms with Crippen LogP contribution in [0.2, 0.25) is 0 Å². The summed E-state index contributed by atoms with van der Waals surface area (Å²) in [5.41, 5.74) is 2.18. The molecule has 0 N–H and O–H groups in total. The van der Waals surface area contributed by atoms with Crippen molar-refractivity contribution in [1.82, 2.24) is 9.80 Å². The van der Waals surface area contributed by atoms with Crippen LogP contribution in [0.15, 0.2) is 42.5 Å². The number of benzene rings is 2. The summed E-state index contributed by atoms with van der Waals surface area (Å²) < 4.78 is 16.6. The largest absolute Gasteiger partial charge is 0.497 e. The van der Waals surface area contributed by atoms with Crippen LogP contribution in [0.1, 0.15) is 25.0 Å². The van der Waals surface area contributed by atoms with Crippen molar-refractivity contribution < 1.29 is 19.0 Å².